The highest BCUT2D eigenvalue weighted by molar-refractivity contribution is 5.95. The highest BCUT2D eigenvalue weighted by Crippen LogP contribution is 2.23. The number of nitrogens with zero attached hydrogens (tertiary/aromatic N) is 2. The lowest BCUT2D eigenvalue weighted by atomic mass is 10.1. The number of hydrogen-bond donors (Lipinski definition) is 4. The number of rotatable bonds is 13. The summed E-state index contributed by atoms with van der Waals surface area (Å²) in [6, 6.07) is 10.4. The summed E-state index contributed by atoms with van der Waals surface area (Å²) in [5, 5.41) is 18.0. The van der Waals surface area contributed by atoms with E-state index in [2.05, 4.69) is 20.9 Å². The lowest BCUT2D eigenvalue weighted by molar-refractivity contribution is 0.0950. The van der Waals surface area contributed by atoms with Crippen molar-refractivity contribution in [1.82, 2.24) is 20.2 Å². The van der Waals surface area contributed by atoms with Crippen molar-refractivity contribution in [3.63, 3.8) is 0 Å². The quantitative estimate of drug-likeness (QED) is 0.255. The smallest absolute Gasteiger partial charge is 0.297 e. The Kier molecular flexibility index (Phi) is 9.09. The van der Waals surface area contributed by atoms with Gasteiger partial charge in [-0.1, -0.05) is 18.2 Å². The summed E-state index contributed by atoms with van der Waals surface area (Å²) in [6.45, 7) is 5.16. The molecular weight excluding hydrogens is 489 g/mol. The number of amides is 1. The minimum absolute atomic E-state index is 0.0741. The molecule has 10 heteroatoms. The molecule has 202 valence electrons. The summed E-state index contributed by atoms with van der Waals surface area (Å²) in [5.41, 5.74) is 1.26. The number of aliphatic hydroxyl groups is 1. The van der Waals surface area contributed by atoms with Gasteiger partial charge in [0, 0.05) is 48.7 Å². The normalized spacial score (nSPS) is 13.7. The third-order valence-corrected chi connectivity index (χ3v) is 6.30. The maximum atomic E-state index is 14.8. The predicted octanol–water partition coefficient (Wildman–Crippen LogP) is 2.58. The number of para-hydroxylation sites is 1. The molecule has 0 spiro atoms. The zero-order valence-corrected chi connectivity index (χ0v) is 21.7. The Morgan fingerprint density at radius 3 is 2.82 bits per heavy atom. The summed E-state index contributed by atoms with van der Waals surface area (Å²) >= 11 is 0. The van der Waals surface area contributed by atoms with Crippen LogP contribution < -0.4 is 26.2 Å². The zero-order chi connectivity index (χ0) is 27.1. The van der Waals surface area contributed by atoms with E-state index in [4.69, 9.17) is 9.84 Å². The molecule has 1 atom stereocenters. The molecule has 4 rings (SSSR count). The first-order valence-electron chi connectivity index (χ1n) is 12.8. The molecule has 4 N–H and O–H groups in total. The van der Waals surface area contributed by atoms with Crippen molar-refractivity contribution in [1.29, 1.82) is 0 Å². The van der Waals surface area contributed by atoms with Crippen LogP contribution in [0.4, 0.5) is 10.2 Å². The number of nitrogens with one attached hydrogen (secondary N) is 3. The highest BCUT2D eigenvalue weighted by Gasteiger charge is 2.25. The minimum atomic E-state index is -0.557. The molecule has 1 fully saturated rings. The first-order valence-corrected chi connectivity index (χ1v) is 12.8. The van der Waals surface area contributed by atoms with E-state index in [1.54, 1.807) is 6.92 Å². The van der Waals surface area contributed by atoms with E-state index in [-0.39, 0.29) is 41.5 Å². The first-order chi connectivity index (χ1) is 18.4. The van der Waals surface area contributed by atoms with Crippen LogP contribution in [0.5, 0.6) is 5.75 Å². The molecule has 38 heavy (non-hydrogen) atoms. The fourth-order valence-corrected chi connectivity index (χ4v) is 4.11. The number of carbonyl (C=O) groups is 1. The molecule has 0 saturated heterocycles. The van der Waals surface area contributed by atoms with Gasteiger partial charge in [-0.25, -0.2) is 9.37 Å². The van der Waals surface area contributed by atoms with Gasteiger partial charge < -0.3 is 25.8 Å². The van der Waals surface area contributed by atoms with Gasteiger partial charge >= 0.3 is 0 Å². The molecule has 9 nitrogen and oxygen atoms in total. The van der Waals surface area contributed by atoms with Gasteiger partial charge in [0.15, 0.2) is 5.82 Å². The molecule has 3 aromatic rings. The van der Waals surface area contributed by atoms with E-state index in [1.807, 2.05) is 31.2 Å². The Hall–Kier alpha value is -3.76. The maximum absolute atomic E-state index is 14.8. The highest BCUT2D eigenvalue weighted by atomic mass is 19.1. The maximum Gasteiger partial charge on any atom is 0.297 e. The Bertz CT molecular complexity index is 1320. The topological polar surface area (TPSA) is 118 Å². The van der Waals surface area contributed by atoms with Crippen LogP contribution in [0.15, 0.2) is 53.6 Å². The second kappa shape index (κ2) is 12.7. The Balaban J connectivity index is 1.49. The van der Waals surface area contributed by atoms with Crippen LogP contribution in [-0.4, -0.2) is 59.0 Å². The van der Waals surface area contributed by atoms with Gasteiger partial charge in [-0.2, -0.15) is 0 Å². The van der Waals surface area contributed by atoms with E-state index in [1.165, 1.54) is 29.1 Å². The van der Waals surface area contributed by atoms with Crippen molar-refractivity contribution in [3.05, 3.63) is 81.7 Å². The standard InChI is InChI=1S/C28H34FN5O4/c1-18(15-20-5-3-4-6-25(20)38-14-11-30-10-13-35)32-26-28(37)34(12-9-31-26)24-17-21(16-23(29)19(24)2)27(36)33-22-7-8-22/h3-6,9,12,16-18,22,30,35H,7-8,10-11,13-15H2,1-2H3,(H,31,32)(H,33,36). The van der Waals surface area contributed by atoms with Gasteiger partial charge in [-0.05, 0) is 56.9 Å². The molecule has 0 bridgehead atoms. The van der Waals surface area contributed by atoms with Crippen molar-refractivity contribution in [3.8, 4) is 11.4 Å². The summed E-state index contributed by atoms with van der Waals surface area (Å²) in [7, 11) is 0. The van der Waals surface area contributed by atoms with Gasteiger partial charge in [0.05, 0.1) is 12.3 Å². The monoisotopic (exact) mass is 523 g/mol. The van der Waals surface area contributed by atoms with E-state index >= 15 is 0 Å². The number of halogens is 1. The SMILES string of the molecule is Cc1c(F)cc(C(=O)NC2CC2)cc1-n1ccnc(NC(C)Cc2ccccc2OCCNCCO)c1=O. The zero-order valence-electron chi connectivity index (χ0n) is 21.7. The van der Waals surface area contributed by atoms with Crippen LogP contribution >= 0.6 is 0 Å². The third kappa shape index (κ3) is 6.96. The van der Waals surface area contributed by atoms with Crippen molar-refractivity contribution in [2.24, 2.45) is 0 Å². The Labute approximate surface area is 221 Å². The third-order valence-electron chi connectivity index (χ3n) is 6.30. The van der Waals surface area contributed by atoms with E-state index < -0.39 is 11.4 Å². The van der Waals surface area contributed by atoms with Crippen LogP contribution in [0.25, 0.3) is 5.69 Å². The molecule has 0 aliphatic heterocycles. The average Bonchev–Trinajstić information content (AvgIpc) is 3.72. The molecule has 1 unspecified atom stereocenters. The van der Waals surface area contributed by atoms with Crippen LogP contribution in [0.2, 0.25) is 0 Å². The second-order valence-corrected chi connectivity index (χ2v) is 9.48. The Morgan fingerprint density at radius 2 is 2.05 bits per heavy atom. The van der Waals surface area contributed by atoms with Crippen molar-refractivity contribution < 1.29 is 19.0 Å². The van der Waals surface area contributed by atoms with E-state index in [9.17, 15) is 14.0 Å². The summed E-state index contributed by atoms with van der Waals surface area (Å²) in [4.78, 5) is 30.1. The summed E-state index contributed by atoms with van der Waals surface area (Å²) in [5.74, 6) is -0.0398. The van der Waals surface area contributed by atoms with Gasteiger partial charge in [0.2, 0.25) is 0 Å². The second-order valence-electron chi connectivity index (χ2n) is 9.48. The molecule has 1 amide bonds. The molecule has 1 aliphatic carbocycles. The molecule has 1 aromatic heterocycles. The number of aromatic nitrogens is 2. The molecular formula is C28H34FN5O4. The van der Waals surface area contributed by atoms with E-state index in [0.717, 1.165) is 24.2 Å². The number of anilines is 1. The van der Waals surface area contributed by atoms with Gasteiger partial charge in [0.1, 0.15) is 18.2 Å². The molecule has 1 saturated carbocycles. The fourth-order valence-electron chi connectivity index (χ4n) is 4.11. The predicted molar refractivity (Wildman–Crippen MR) is 144 cm³/mol. The molecule has 1 heterocycles. The van der Waals surface area contributed by atoms with Crippen molar-refractivity contribution >= 4 is 11.7 Å². The number of carbonyl (C=O) groups excluding carboxylic acids is 1. The lowest BCUT2D eigenvalue weighted by Crippen LogP contribution is -2.29. The van der Waals surface area contributed by atoms with Crippen LogP contribution in [-0.2, 0) is 6.42 Å². The van der Waals surface area contributed by atoms with Gasteiger partial charge in [-0.3, -0.25) is 14.2 Å². The van der Waals surface area contributed by atoms with Crippen LogP contribution in [0, 0.1) is 12.7 Å². The Morgan fingerprint density at radius 1 is 1.26 bits per heavy atom. The number of ether oxygens (including phenoxy) is 1. The number of hydrogen-bond acceptors (Lipinski definition) is 7. The largest absolute Gasteiger partial charge is 0.492 e. The number of aliphatic hydroxyl groups excluding tert-OH is 1. The lowest BCUT2D eigenvalue weighted by Gasteiger charge is -2.18. The molecule has 1 aliphatic rings. The van der Waals surface area contributed by atoms with Crippen molar-refractivity contribution in [2.75, 3.05) is 31.6 Å². The fraction of sp³-hybridized carbons (Fsp3) is 0.393. The summed E-state index contributed by atoms with van der Waals surface area (Å²) in [6.07, 6.45) is 5.35. The molecule has 0 radical (unpaired) electrons. The molecule has 2 aromatic carbocycles. The number of benzene rings is 2. The van der Waals surface area contributed by atoms with Crippen LogP contribution in [0.3, 0.4) is 0 Å². The minimum Gasteiger partial charge on any atom is -0.492 e. The first kappa shape index (κ1) is 27.3. The average molecular weight is 524 g/mol. The van der Waals surface area contributed by atoms with Crippen LogP contribution in [0.1, 0.15) is 41.3 Å². The van der Waals surface area contributed by atoms with E-state index in [0.29, 0.717) is 31.8 Å². The van der Waals surface area contributed by atoms with Gasteiger partial charge in [-0.15, -0.1) is 0 Å². The summed E-state index contributed by atoms with van der Waals surface area (Å²) < 4.78 is 22.0. The van der Waals surface area contributed by atoms with Gasteiger partial charge in [0.25, 0.3) is 11.5 Å². The van der Waals surface area contributed by atoms with Crippen molar-refractivity contribution in [2.45, 2.75) is 45.2 Å².